The Labute approximate surface area is 111 Å². The fourth-order valence-corrected chi connectivity index (χ4v) is 1.31. The molecule has 0 spiro atoms. The summed E-state index contributed by atoms with van der Waals surface area (Å²) in [6, 6.07) is -1.81. The van der Waals surface area contributed by atoms with Crippen LogP contribution in [0.15, 0.2) is 0 Å². The van der Waals surface area contributed by atoms with Crippen molar-refractivity contribution in [1.29, 1.82) is 0 Å². The molecule has 8 heteroatoms. The van der Waals surface area contributed by atoms with E-state index < -0.39 is 24.0 Å². The second-order valence-corrected chi connectivity index (χ2v) is 3.92. The van der Waals surface area contributed by atoms with E-state index in [0.717, 1.165) is 6.42 Å². The summed E-state index contributed by atoms with van der Waals surface area (Å²) in [5, 5.41) is 22.0. The van der Waals surface area contributed by atoms with E-state index in [-0.39, 0.29) is 12.8 Å². The monoisotopic (exact) mass is 276 g/mol. The molecule has 0 radical (unpaired) electrons. The van der Waals surface area contributed by atoms with Crippen LogP contribution in [0.5, 0.6) is 0 Å². The Morgan fingerprint density at radius 2 is 1.89 bits per heavy atom. The molecule has 19 heavy (non-hydrogen) atoms. The molecule has 0 aliphatic carbocycles. The maximum absolute atomic E-state index is 11.4. The first-order valence-corrected chi connectivity index (χ1v) is 5.95. The Balaban J connectivity index is 3.90. The first-order chi connectivity index (χ1) is 8.97. The summed E-state index contributed by atoms with van der Waals surface area (Å²) in [6.07, 6.45) is 1.04. The van der Waals surface area contributed by atoms with Crippen LogP contribution in [0.3, 0.4) is 0 Å². The van der Waals surface area contributed by atoms with Crippen LogP contribution in [-0.4, -0.2) is 54.5 Å². The number of unbranched alkanes of at least 4 members (excludes halogenated alkanes) is 1. The van der Waals surface area contributed by atoms with Crippen molar-refractivity contribution in [3.05, 3.63) is 0 Å². The lowest BCUT2D eigenvalue weighted by atomic mass is 10.1. The number of rotatable bonds is 10. The highest BCUT2D eigenvalue weighted by molar-refractivity contribution is 5.82. The minimum absolute atomic E-state index is 0.151. The van der Waals surface area contributed by atoms with E-state index in [2.05, 4.69) is 10.6 Å². The second-order valence-electron chi connectivity index (χ2n) is 3.92. The largest absolute Gasteiger partial charge is 0.481 e. The highest BCUT2D eigenvalue weighted by Crippen LogP contribution is 1.98. The van der Waals surface area contributed by atoms with Crippen molar-refractivity contribution in [3.8, 4) is 0 Å². The number of carboxylic acids is 2. The van der Waals surface area contributed by atoms with E-state index in [1.807, 2.05) is 0 Å². The summed E-state index contributed by atoms with van der Waals surface area (Å²) >= 11 is 0. The lowest BCUT2D eigenvalue weighted by Gasteiger charge is -2.14. The van der Waals surface area contributed by atoms with Crippen LogP contribution >= 0.6 is 0 Å². The number of amides is 2. The average molecular weight is 276 g/mol. The van der Waals surface area contributed by atoms with Gasteiger partial charge in [-0.3, -0.25) is 4.79 Å². The lowest BCUT2D eigenvalue weighted by molar-refractivity contribution is -0.140. The van der Waals surface area contributed by atoms with Gasteiger partial charge >= 0.3 is 18.0 Å². The molecule has 0 aromatic heterocycles. The Bertz CT molecular complexity index is 308. The van der Waals surface area contributed by atoms with E-state index in [1.165, 1.54) is 0 Å². The number of carbonyl (C=O) groups is 3. The van der Waals surface area contributed by atoms with Gasteiger partial charge in [-0.2, -0.15) is 0 Å². The van der Waals surface area contributed by atoms with Gasteiger partial charge in [-0.25, -0.2) is 9.59 Å². The Morgan fingerprint density at radius 3 is 2.42 bits per heavy atom. The smallest absolute Gasteiger partial charge is 0.326 e. The highest BCUT2D eigenvalue weighted by Gasteiger charge is 2.20. The molecule has 0 bridgehead atoms. The number of carboxylic acid groups (broad SMARTS) is 2. The van der Waals surface area contributed by atoms with Gasteiger partial charge in [0.25, 0.3) is 0 Å². The molecule has 0 aliphatic heterocycles. The zero-order chi connectivity index (χ0) is 14.7. The van der Waals surface area contributed by atoms with Gasteiger partial charge in [-0.05, 0) is 19.3 Å². The molecule has 0 fully saturated rings. The van der Waals surface area contributed by atoms with Gasteiger partial charge in [-0.1, -0.05) is 0 Å². The number of carbonyl (C=O) groups excluding carboxylic acids is 1. The van der Waals surface area contributed by atoms with Crippen molar-refractivity contribution in [2.75, 3.05) is 20.3 Å². The standard InChI is InChI=1S/C11H20N2O6/c1-19-7-3-2-6-12-11(18)13-8(10(16)17)4-5-9(14)15/h8H,2-7H2,1H3,(H,14,15)(H,16,17)(H2,12,13,18). The third-order valence-corrected chi connectivity index (χ3v) is 2.31. The van der Waals surface area contributed by atoms with Crippen LogP contribution < -0.4 is 10.6 Å². The molecule has 2 amide bonds. The average Bonchev–Trinajstić information content (AvgIpc) is 2.33. The van der Waals surface area contributed by atoms with Crippen LogP contribution in [0, 0.1) is 0 Å². The first-order valence-electron chi connectivity index (χ1n) is 5.95. The van der Waals surface area contributed by atoms with Crippen LogP contribution in [0.1, 0.15) is 25.7 Å². The molecular formula is C11H20N2O6. The van der Waals surface area contributed by atoms with Crippen molar-refractivity contribution in [1.82, 2.24) is 10.6 Å². The van der Waals surface area contributed by atoms with E-state index >= 15 is 0 Å². The quantitative estimate of drug-likeness (QED) is 0.417. The molecule has 0 saturated heterocycles. The number of nitrogens with one attached hydrogen (secondary N) is 2. The van der Waals surface area contributed by atoms with Crippen molar-refractivity contribution < 1.29 is 29.3 Å². The van der Waals surface area contributed by atoms with Crippen molar-refractivity contribution >= 4 is 18.0 Å². The summed E-state index contributed by atoms with van der Waals surface area (Å²) in [7, 11) is 1.58. The predicted octanol–water partition coefficient (Wildman–Crippen LogP) is 0.0302. The number of urea groups is 1. The summed E-state index contributed by atoms with van der Waals surface area (Å²) in [5.41, 5.74) is 0. The van der Waals surface area contributed by atoms with Gasteiger partial charge in [0.1, 0.15) is 6.04 Å². The van der Waals surface area contributed by atoms with Crippen LogP contribution in [0.4, 0.5) is 4.79 Å². The number of methoxy groups -OCH3 is 1. The molecule has 8 nitrogen and oxygen atoms in total. The maximum Gasteiger partial charge on any atom is 0.326 e. The number of aliphatic carboxylic acids is 2. The molecule has 0 heterocycles. The SMILES string of the molecule is COCCCCNC(=O)NC(CCC(=O)O)C(=O)O. The van der Waals surface area contributed by atoms with Crippen molar-refractivity contribution in [2.45, 2.75) is 31.7 Å². The molecule has 0 aliphatic rings. The Morgan fingerprint density at radius 1 is 1.21 bits per heavy atom. The Kier molecular flexibility index (Phi) is 9.15. The zero-order valence-corrected chi connectivity index (χ0v) is 10.8. The van der Waals surface area contributed by atoms with Gasteiger partial charge in [-0.15, -0.1) is 0 Å². The normalized spacial score (nSPS) is 11.6. The third kappa shape index (κ3) is 9.83. The fourth-order valence-electron chi connectivity index (χ4n) is 1.31. The van der Waals surface area contributed by atoms with Gasteiger partial charge in [0, 0.05) is 26.7 Å². The first kappa shape index (κ1) is 17.2. The molecule has 4 N–H and O–H groups in total. The second kappa shape index (κ2) is 10.1. The zero-order valence-electron chi connectivity index (χ0n) is 10.8. The summed E-state index contributed by atoms with van der Waals surface area (Å²) < 4.78 is 4.84. The fraction of sp³-hybridized carbons (Fsp3) is 0.727. The summed E-state index contributed by atoms with van der Waals surface area (Å²) in [4.78, 5) is 32.5. The van der Waals surface area contributed by atoms with E-state index in [0.29, 0.717) is 19.6 Å². The van der Waals surface area contributed by atoms with Gasteiger partial charge in [0.15, 0.2) is 0 Å². The molecule has 0 aromatic carbocycles. The van der Waals surface area contributed by atoms with Crippen molar-refractivity contribution in [3.63, 3.8) is 0 Å². The highest BCUT2D eigenvalue weighted by atomic mass is 16.5. The molecule has 1 unspecified atom stereocenters. The minimum Gasteiger partial charge on any atom is -0.481 e. The molecule has 1 atom stereocenters. The number of ether oxygens (including phenoxy) is 1. The molecule has 0 aromatic rings. The van der Waals surface area contributed by atoms with Gasteiger partial charge in [0.05, 0.1) is 0 Å². The lowest BCUT2D eigenvalue weighted by Crippen LogP contribution is -2.46. The molecule has 0 rings (SSSR count). The van der Waals surface area contributed by atoms with Crippen LogP contribution in [0.2, 0.25) is 0 Å². The molecular weight excluding hydrogens is 256 g/mol. The van der Waals surface area contributed by atoms with E-state index in [4.69, 9.17) is 14.9 Å². The summed E-state index contributed by atoms with van der Waals surface area (Å²) in [5.74, 6) is -2.36. The van der Waals surface area contributed by atoms with Gasteiger partial charge < -0.3 is 25.6 Å². The molecule has 0 saturated carbocycles. The maximum atomic E-state index is 11.4. The Hall–Kier alpha value is -1.83. The van der Waals surface area contributed by atoms with Gasteiger partial charge in [0.2, 0.25) is 0 Å². The van der Waals surface area contributed by atoms with Crippen molar-refractivity contribution in [2.24, 2.45) is 0 Å². The topological polar surface area (TPSA) is 125 Å². The third-order valence-electron chi connectivity index (χ3n) is 2.31. The number of hydrogen-bond acceptors (Lipinski definition) is 4. The number of hydrogen-bond donors (Lipinski definition) is 4. The van der Waals surface area contributed by atoms with Crippen LogP contribution in [-0.2, 0) is 14.3 Å². The molecule has 110 valence electrons. The summed E-state index contributed by atoms with van der Waals surface area (Å²) in [6.45, 7) is 1.00. The van der Waals surface area contributed by atoms with E-state index in [1.54, 1.807) is 7.11 Å². The minimum atomic E-state index is -1.25. The van der Waals surface area contributed by atoms with E-state index in [9.17, 15) is 14.4 Å². The van der Waals surface area contributed by atoms with Crippen LogP contribution in [0.25, 0.3) is 0 Å². The predicted molar refractivity (Wildman–Crippen MR) is 65.9 cm³/mol.